The van der Waals surface area contributed by atoms with Gasteiger partial charge in [-0.25, -0.2) is 4.98 Å². The van der Waals surface area contributed by atoms with Gasteiger partial charge in [-0.15, -0.1) is 0 Å². The predicted octanol–water partition coefficient (Wildman–Crippen LogP) is 1.90. The summed E-state index contributed by atoms with van der Waals surface area (Å²) in [5.74, 6) is 1.13. The van der Waals surface area contributed by atoms with E-state index in [9.17, 15) is 0 Å². The summed E-state index contributed by atoms with van der Waals surface area (Å²) < 4.78 is 0. The van der Waals surface area contributed by atoms with Crippen molar-refractivity contribution in [2.24, 2.45) is 5.92 Å². The van der Waals surface area contributed by atoms with Crippen molar-refractivity contribution in [3.63, 3.8) is 0 Å². The molecule has 0 amide bonds. The highest BCUT2D eigenvalue weighted by atomic mass is 15.1. The molecule has 0 aliphatic heterocycles. The van der Waals surface area contributed by atoms with E-state index in [1.165, 1.54) is 0 Å². The molecule has 0 bridgehead atoms. The minimum absolute atomic E-state index is 0.539. The number of nitrogens with one attached hydrogen (secondary N) is 2. The van der Waals surface area contributed by atoms with Gasteiger partial charge in [0.25, 0.3) is 0 Å². The maximum atomic E-state index is 8.83. The van der Waals surface area contributed by atoms with E-state index < -0.39 is 0 Å². The molecule has 0 saturated heterocycles. The van der Waals surface area contributed by atoms with Gasteiger partial charge in [-0.3, -0.25) is 0 Å². The van der Waals surface area contributed by atoms with Gasteiger partial charge in [0, 0.05) is 18.9 Å². The van der Waals surface area contributed by atoms with Crippen molar-refractivity contribution in [1.29, 1.82) is 5.26 Å². The van der Waals surface area contributed by atoms with Gasteiger partial charge in [0.2, 0.25) is 5.95 Å². The van der Waals surface area contributed by atoms with E-state index >= 15 is 0 Å². The standard InChI is InChI=1S/C11H13N5/c1-7(2)4-14-11-15-6-9-8(3-12)5-13-10(9)16-11/h5-7H,4H2,1-2H3,(H2,13,14,15,16). The topological polar surface area (TPSA) is 77.4 Å². The number of nitrogens with zero attached hydrogens (tertiary/aromatic N) is 3. The number of rotatable bonds is 3. The van der Waals surface area contributed by atoms with Crippen molar-refractivity contribution >= 4 is 17.0 Å². The molecule has 0 spiro atoms. The molecule has 2 aromatic rings. The molecule has 0 atom stereocenters. The number of H-pyrrole nitrogens is 1. The van der Waals surface area contributed by atoms with Crippen molar-refractivity contribution in [3.05, 3.63) is 18.0 Å². The number of anilines is 1. The van der Waals surface area contributed by atoms with Crippen molar-refractivity contribution in [3.8, 4) is 6.07 Å². The highest BCUT2D eigenvalue weighted by Gasteiger charge is 2.06. The van der Waals surface area contributed by atoms with Crippen LogP contribution in [0.3, 0.4) is 0 Å². The average Bonchev–Trinajstić information content (AvgIpc) is 2.68. The molecule has 2 heterocycles. The van der Waals surface area contributed by atoms with Gasteiger partial charge in [-0.2, -0.15) is 10.2 Å². The van der Waals surface area contributed by atoms with Crippen LogP contribution in [0.15, 0.2) is 12.4 Å². The molecule has 0 saturated carbocycles. The van der Waals surface area contributed by atoms with Gasteiger partial charge in [-0.1, -0.05) is 13.8 Å². The first-order valence-electron chi connectivity index (χ1n) is 5.19. The predicted molar refractivity (Wildman–Crippen MR) is 61.9 cm³/mol. The highest BCUT2D eigenvalue weighted by Crippen LogP contribution is 2.15. The second kappa shape index (κ2) is 4.19. The molecule has 0 radical (unpaired) electrons. The number of hydrogen-bond donors (Lipinski definition) is 2. The largest absolute Gasteiger partial charge is 0.354 e. The van der Waals surface area contributed by atoms with Crippen LogP contribution in [-0.4, -0.2) is 21.5 Å². The average molecular weight is 215 g/mol. The lowest BCUT2D eigenvalue weighted by atomic mass is 10.2. The third kappa shape index (κ3) is 1.96. The first-order valence-corrected chi connectivity index (χ1v) is 5.19. The summed E-state index contributed by atoms with van der Waals surface area (Å²) in [7, 11) is 0. The first-order chi connectivity index (χ1) is 7.70. The molecule has 0 fully saturated rings. The minimum Gasteiger partial charge on any atom is -0.354 e. The first kappa shape index (κ1) is 10.4. The third-order valence-corrected chi connectivity index (χ3v) is 2.22. The van der Waals surface area contributed by atoms with Crippen LogP contribution in [0.5, 0.6) is 0 Å². The van der Waals surface area contributed by atoms with E-state index in [4.69, 9.17) is 5.26 Å². The van der Waals surface area contributed by atoms with Gasteiger partial charge in [0.05, 0.1) is 10.9 Å². The molecule has 82 valence electrons. The molecule has 2 N–H and O–H groups in total. The highest BCUT2D eigenvalue weighted by molar-refractivity contribution is 5.82. The molecule has 5 nitrogen and oxygen atoms in total. The second-order valence-corrected chi connectivity index (χ2v) is 4.04. The Morgan fingerprint density at radius 3 is 3.06 bits per heavy atom. The van der Waals surface area contributed by atoms with Crippen LogP contribution >= 0.6 is 0 Å². The summed E-state index contributed by atoms with van der Waals surface area (Å²) in [4.78, 5) is 11.4. The summed E-state index contributed by atoms with van der Waals surface area (Å²) in [5, 5.41) is 12.7. The van der Waals surface area contributed by atoms with E-state index in [0.717, 1.165) is 11.9 Å². The van der Waals surface area contributed by atoms with Crippen LogP contribution in [-0.2, 0) is 0 Å². The number of fused-ring (bicyclic) bond motifs is 1. The Balaban J connectivity index is 2.28. The molecular formula is C11H13N5. The van der Waals surface area contributed by atoms with Gasteiger partial charge < -0.3 is 10.3 Å². The number of aromatic amines is 1. The maximum Gasteiger partial charge on any atom is 0.224 e. The van der Waals surface area contributed by atoms with Gasteiger partial charge in [0.1, 0.15) is 11.7 Å². The Hall–Kier alpha value is -2.09. The zero-order valence-corrected chi connectivity index (χ0v) is 9.28. The van der Waals surface area contributed by atoms with E-state index in [2.05, 4.69) is 40.2 Å². The van der Waals surface area contributed by atoms with Crippen LogP contribution < -0.4 is 5.32 Å². The number of hydrogen-bond acceptors (Lipinski definition) is 4. The molecule has 0 aliphatic carbocycles. The maximum absolute atomic E-state index is 8.83. The third-order valence-electron chi connectivity index (χ3n) is 2.22. The van der Waals surface area contributed by atoms with E-state index in [-0.39, 0.29) is 0 Å². The van der Waals surface area contributed by atoms with E-state index in [1.54, 1.807) is 12.4 Å². The monoisotopic (exact) mass is 215 g/mol. The summed E-state index contributed by atoms with van der Waals surface area (Å²) in [6.07, 6.45) is 3.31. The number of aromatic nitrogens is 3. The quantitative estimate of drug-likeness (QED) is 0.819. The van der Waals surface area contributed by atoms with Crippen molar-refractivity contribution in [2.45, 2.75) is 13.8 Å². The van der Waals surface area contributed by atoms with E-state index in [1.807, 2.05) is 0 Å². The molecule has 0 aromatic carbocycles. The molecule has 16 heavy (non-hydrogen) atoms. The summed E-state index contributed by atoms with van der Waals surface area (Å²) >= 11 is 0. The molecule has 2 rings (SSSR count). The van der Waals surface area contributed by atoms with Gasteiger partial charge in [0.15, 0.2) is 0 Å². The van der Waals surface area contributed by atoms with Gasteiger partial charge >= 0.3 is 0 Å². The summed E-state index contributed by atoms with van der Waals surface area (Å²) in [6.45, 7) is 5.07. The van der Waals surface area contributed by atoms with Crippen LogP contribution in [0.25, 0.3) is 11.0 Å². The van der Waals surface area contributed by atoms with Crippen molar-refractivity contribution in [1.82, 2.24) is 15.0 Å². The van der Waals surface area contributed by atoms with Crippen molar-refractivity contribution in [2.75, 3.05) is 11.9 Å². The Bertz CT molecular complexity index is 535. The zero-order valence-electron chi connectivity index (χ0n) is 9.28. The lowest BCUT2D eigenvalue weighted by Gasteiger charge is -2.06. The SMILES string of the molecule is CC(C)CNc1ncc2c(C#N)c[nH]c2n1. The Morgan fingerprint density at radius 1 is 1.56 bits per heavy atom. The molecular weight excluding hydrogens is 202 g/mol. The lowest BCUT2D eigenvalue weighted by molar-refractivity contribution is 0.685. The molecule has 0 aliphatic rings. The lowest BCUT2D eigenvalue weighted by Crippen LogP contribution is -2.10. The normalized spacial score (nSPS) is 10.6. The second-order valence-electron chi connectivity index (χ2n) is 4.04. The van der Waals surface area contributed by atoms with Crippen LogP contribution in [0.1, 0.15) is 19.4 Å². The van der Waals surface area contributed by atoms with Crippen LogP contribution in [0, 0.1) is 17.2 Å². The fourth-order valence-corrected chi connectivity index (χ4v) is 1.38. The Kier molecular flexibility index (Phi) is 2.73. The van der Waals surface area contributed by atoms with Crippen LogP contribution in [0.4, 0.5) is 5.95 Å². The van der Waals surface area contributed by atoms with E-state index in [0.29, 0.717) is 23.1 Å². The minimum atomic E-state index is 0.539. The fraction of sp³-hybridized carbons (Fsp3) is 0.364. The van der Waals surface area contributed by atoms with Gasteiger partial charge in [-0.05, 0) is 5.92 Å². The fourth-order valence-electron chi connectivity index (χ4n) is 1.38. The zero-order chi connectivity index (χ0) is 11.5. The molecule has 2 aromatic heterocycles. The Morgan fingerprint density at radius 2 is 2.38 bits per heavy atom. The summed E-state index contributed by atoms with van der Waals surface area (Å²) in [6, 6.07) is 2.09. The molecule has 5 heteroatoms. The van der Waals surface area contributed by atoms with Crippen LogP contribution in [0.2, 0.25) is 0 Å². The Labute approximate surface area is 93.5 Å². The summed E-state index contributed by atoms with van der Waals surface area (Å²) in [5.41, 5.74) is 1.27. The smallest absolute Gasteiger partial charge is 0.224 e. The number of nitriles is 1. The molecule has 0 unspecified atom stereocenters. The van der Waals surface area contributed by atoms with Crippen molar-refractivity contribution < 1.29 is 0 Å².